The molecule has 13 heteroatoms. The smallest absolute Gasteiger partial charge is 0.358 e. The van der Waals surface area contributed by atoms with Crippen molar-refractivity contribution in [2.75, 3.05) is 5.32 Å². The van der Waals surface area contributed by atoms with E-state index in [-0.39, 0.29) is 29.2 Å². The first-order chi connectivity index (χ1) is 18.4. The zero-order valence-electron chi connectivity index (χ0n) is 20.8. The van der Waals surface area contributed by atoms with Crippen LogP contribution in [0.4, 0.5) is 24.7 Å². The van der Waals surface area contributed by atoms with E-state index in [9.17, 15) is 28.1 Å². The Morgan fingerprint density at radius 2 is 1.95 bits per heavy atom. The van der Waals surface area contributed by atoms with Gasteiger partial charge >= 0.3 is 12.0 Å². The lowest BCUT2D eigenvalue weighted by Crippen LogP contribution is -2.57. The number of alkyl halides is 3. The van der Waals surface area contributed by atoms with Gasteiger partial charge < -0.3 is 15.4 Å². The van der Waals surface area contributed by atoms with Crippen LogP contribution in [-0.4, -0.2) is 30.4 Å². The summed E-state index contributed by atoms with van der Waals surface area (Å²) in [6, 6.07) is 5.09. The lowest BCUT2D eigenvalue weighted by atomic mass is 9.46. The molecule has 0 aliphatic heterocycles. The normalized spacial score (nSPS) is 27.6. The Morgan fingerprint density at radius 1 is 1.21 bits per heavy atom. The van der Waals surface area contributed by atoms with Crippen LogP contribution in [0.2, 0.25) is 0 Å². The topological polar surface area (TPSA) is 108 Å². The minimum Gasteiger partial charge on any atom is -0.358 e. The van der Waals surface area contributed by atoms with Gasteiger partial charge in [-0.15, -0.1) is 0 Å². The largest absolute Gasteiger partial charge is 0.416 e. The fourth-order valence-electron chi connectivity index (χ4n) is 7.68. The van der Waals surface area contributed by atoms with Crippen LogP contribution in [0.15, 0.2) is 47.3 Å². The van der Waals surface area contributed by atoms with Crippen molar-refractivity contribution >= 4 is 33.3 Å². The fourth-order valence-corrected chi connectivity index (χ4v) is 8.10. The molecule has 4 aliphatic rings. The number of hydrogen-bond donors (Lipinski definition) is 1. The summed E-state index contributed by atoms with van der Waals surface area (Å²) in [5.74, 6) is 0.547. The van der Waals surface area contributed by atoms with E-state index in [1.54, 1.807) is 23.1 Å². The number of aromatic nitrogens is 4. The van der Waals surface area contributed by atoms with Crippen LogP contribution in [0.25, 0.3) is 0 Å². The van der Waals surface area contributed by atoms with Crippen LogP contribution in [0, 0.1) is 27.4 Å². The number of rotatable bonds is 7. The number of anilines is 1. The van der Waals surface area contributed by atoms with Crippen molar-refractivity contribution in [2.24, 2.45) is 17.3 Å². The number of hydrogen-bond acceptors (Lipinski definition) is 5. The Kier molecular flexibility index (Phi) is 6.12. The maximum absolute atomic E-state index is 13.2. The van der Waals surface area contributed by atoms with Crippen molar-refractivity contribution in [3.05, 3.63) is 68.6 Å². The van der Waals surface area contributed by atoms with Crippen molar-refractivity contribution in [3.63, 3.8) is 0 Å². The third-order valence-corrected chi connectivity index (χ3v) is 9.07. The molecule has 0 radical (unpaired) electrons. The molecule has 0 saturated heterocycles. The molecule has 4 aliphatic carbocycles. The molecule has 2 aromatic heterocycles. The van der Waals surface area contributed by atoms with Crippen molar-refractivity contribution in [2.45, 2.75) is 63.2 Å². The Morgan fingerprint density at radius 3 is 2.62 bits per heavy atom. The molecule has 4 saturated carbocycles. The number of carbonyl (C=O) groups excluding carboxylic acids is 1. The summed E-state index contributed by atoms with van der Waals surface area (Å²) in [6.07, 6.45) is 6.25. The number of benzene rings is 1. The van der Waals surface area contributed by atoms with Crippen LogP contribution in [0.3, 0.4) is 0 Å². The predicted molar refractivity (Wildman–Crippen MR) is 138 cm³/mol. The standard InChI is InChI=1S/C26H26BrF3N6O3/c27-21-14-35(33-23(21)36(38)39)25-8-17-4-18(9-25)7-24(6-17,15-25)10-22(37)32-20-11-31-34(13-20)12-16-2-1-3-19(5-16)26(28,29)30/h1-3,5,11,13-14,17-18H,4,6-10,12,15H2,(H,32,37). The molecule has 9 nitrogen and oxygen atoms in total. The molecule has 39 heavy (non-hydrogen) atoms. The SMILES string of the molecule is O=C(CC12CC3CC(C1)CC(n1cc(Br)c([N+](=O)[O-])n1)(C3)C2)Nc1cnn(Cc2cccc(C(F)(F)F)c2)c1. The van der Waals surface area contributed by atoms with Gasteiger partial charge in [0.25, 0.3) is 0 Å². The van der Waals surface area contributed by atoms with Crippen LogP contribution >= 0.6 is 15.9 Å². The Balaban J connectivity index is 1.15. The van der Waals surface area contributed by atoms with Gasteiger partial charge in [0.1, 0.15) is 4.47 Å². The summed E-state index contributed by atoms with van der Waals surface area (Å²) < 4.78 is 42.7. The molecule has 1 N–H and O–H groups in total. The van der Waals surface area contributed by atoms with Gasteiger partial charge in [0.15, 0.2) is 0 Å². The van der Waals surface area contributed by atoms with E-state index >= 15 is 0 Å². The van der Waals surface area contributed by atoms with Gasteiger partial charge in [-0.3, -0.25) is 9.48 Å². The zero-order chi connectivity index (χ0) is 27.6. The van der Waals surface area contributed by atoms with Crippen LogP contribution < -0.4 is 5.32 Å². The van der Waals surface area contributed by atoms with Gasteiger partial charge in [-0.05, 0) is 94.3 Å². The van der Waals surface area contributed by atoms with E-state index in [0.29, 0.717) is 34.0 Å². The Hall–Kier alpha value is -3.22. The molecule has 206 valence electrons. The maximum atomic E-state index is 13.2. The molecular weight excluding hydrogens is 581 g/mol. The second-order valence-corrected chi connectivity index (χ2v) is 12.4. The van der Waals surface area contributed by atoms with E-state index in [2.05, 4.69) is 31.4 Å². The summed E-state index contributed by atoms with van der Waals surface area (Å²) >= 11 is 3.28. The van der Waals surface area contributed by atoms with E-state index in [1.807, 2.05) is 0 Å². The first kappa shape index (κ1) is 26.0. The van der Waals surface area contributed by atoms with E-state index < -0.39 is 16.7 Å². The van der Waals surface area contributed by atoms with Gasteiger partial charge in [0, 0.05) is 12.6 Å². The second-order valence-electron chi connectivity index (χ2n) is 11.5. The highest BCUT2D eigenvalue weighted by molar-refractivity contribution is 9.10. The van der Waals surface area contributed by atoms with E-state index in [0.717, 1.165) is 50.7 Å². The number of nitro groups is 1. The average Bonchev–Trinajstić information content (AvgIpc) is 3.44. The van der Waals surface area contributed by atoms with E-state index in [4.69, 9.17) is 0 Å². The first-order valence-electron chi connectivity index (χ1n) is 12.8. The number of nitrogens with one attached hydrogen (secondary N) is 1. The Labute approximate surface area is 230 Å². The van der Waals surface area contributed by atoms with E-state index in [1.165, 1.54) is 16.9 Å². The first-order valence-corrected chi connectivity index (χ1v) is 13.6. The molecule has 4 bridgehead atoms. The summed E-state index contributed by atoms with van der Waals surface area (Å²) in [5.41, 5.74) is -0.328. The minimum absolute atomic E-state index is 0.140. The summed E-state index contributed by atoms with van der Waals surface area (Å²) in [6.45, 7) is 0.140. The monoisotopic (exact) mass is 606 g/mol. The third-order valence-electron chi connectivity index (χ3n) is 8.51. The lowest BCUT2D eigenvalue weighted by molar-refractivity contribution is -0.390. The molecule has 3 aromatic rings. The molecule has 0 spiro atoms. The van der Waals surface area contributed by atoms with Crippen molar-refractivity contribution in [1.82, 2.24) is 19.6 Å². The molecule has 1 amide bonds. The van der Waals surface area contributed by atoms with Gasteiger partial charge in [0.2, 0.25) is 5.91 Å². The lowest BCUT2D eigenvalue weighted by Gasteiger charge is -2.61. The quantitative estimate of drug-likeness (QED) is 0.257. The minimum atomic E-state index is -4.42. The van der Waals surface area contributed by atoms with Gasteiger partial charge in [-0.2, -0.15) is 23.0 Å². The molecule has 2 unspecified atom stereocenters. The van der Waals surface area contributed by atoms with Crippen LogP contribution in [0.1, 0.15) is 56.1 Å². The number of carbonyl (C=O) groups is 1. The molecule has 1 aromatic carbocycles. The predicted octanol–water partition coefficient (Wildman–Crippen LogP) is 6.14. The average molecular weight is 607 g/mol. The Bertz CT molecular complexity index is 1440. The van der Waals surface area contributed by atoms with Crippen molar-refractivity contribution < 1.29 is 22.9 Å². The maximum Gasteiger partial charge on any atom is 0.416 e. The van der Waals surface area contributed by atoms with Gasteiger partial charge in [0.05, 0.1) is 40.8 Å². The van der Waals surface area contributed by atoms with Crippen LogP contribution in [0.5, 0.6) is 0 Å². The third kappa shape index (κ3) is 4.96. The van der Waals surface area contributed by atoms with Crippen molar-refractivity contribution in [1.29, 1.82) is 0 Å². The van der Waals surface area contributed by atoms with Crippen LogP contribution in [-0.2, 0) is 23.1 Å². The number of nitrogens with zero attached hydrogens (tertiary/aromatic N) is 5. The summed E-state index contributed by atoms with van der Waals surface area (Å²) in [4.78, 5) is 24.1. The number of halogens is 4. The number of amides is 1. The fraction of sp³-hybridized carbons (Fsp3) is 0.500. The second kappa shape index (κ2) is 9.17. The van der Waals surface area contributed by atoms with Crippen molar-refractivity contribution in [3.8, 4) is 0 Å². The highest BCUT2D eigenvalue weighted by Gasteiger charge is 2.60. The molecule has 7 rings (SSSR count). The molecule has 4 fully saturated rings. The summed E-state index contributed by atoms with van der Waals surface area (Å²) in [5, 5.41) is 22.9. The summed E-state index contributed by atoms with van der Waals surface area (Å²) in [7, 11) is 0. The highest BCUT2D eigenvalue weighted by atomic mass is 79.9. The molecular formula is C26H26BrF3N6O3. The zero-order valence-corrected chi connectivity index (χ0v) is 22.4. The molecule has 2 heterocycles. The highest BCUT2D eigenvalue weighted by Crippen LogP contribution is 2.65. The van der Waals surface area contributed by atoms with Gasteiger partial charge in [-0.1, -0.05) is 12.1 Å². The molecule has 2 atom stereocenters. The van der Waals surface area contributed by atoms with Gasteiger partial charge in [-0.25, -0.2) is 0 Å².